The molecule has 1 aliphatic carbocycles. The van der Waals surface area contributed by atoms with Crippen LogP contribution < -0.4 is 10.6 Å². The van der Waals surface area contributed by atoms with E-state index in [4.69, 9.17) is 0 Å². The predicted molar refractivity (Wildman–Crippen MR) is 87.7 cm³/mol. The number of hydrogen-bond acceptors (Lipinski definition) is 4. The Morgan fingerprint density at radius 3 is 2.75 bits per heavy atom. The number of hydrogen-bond donors (Lipinski definition) is 2. The number of amides is 1. The van der Waals surface area contributed by atoms with Crippen LogP contribution in [0.1, 0.15) is 28.3 Å². The average molecular weight is 329 g/mol. The summed E-state index contributed by atoms with van der Waals surface area (Å²) in [5.41, 5.74) is 1.51. The van der Waals surface area contributed by atoms with Crippen LogP contribution >= 0.6 is 0 Å². The third kappa shape index (κ3) is 3.19. The lowest BCUT2D eigenvalue weighted by atomic mass is 10.1. The summed E-state index contributed by atoms with van der Waals surface area (Å²) >= 11 is 0. The maximum Gasteiger partial charge on any atom is 0.270 e. The molecule has 2 N–H and O–H groups in total. The van der Waals surface area contributed by atoms with Gasteiger partial charge in [0.05, 0.1) is 10.5 Å². The summed E-state index contributed by atoms with van der Waals surface area (Å²) < 4.78 is 13.3. The van der Waals surface area contributed by atoms with Gasteiger partial charge in [0.25, 0.3) is 11.6 Å². The fourth-order valence-electron chi connectivity index (χ4n) is 2.75. The molecule has 1 fully saturated rings. The lowest BCUT2D eigenvalue weighted by Crippen LogP contribution is -2.20. The van der Waals surface area contributed by atoms with Gasteiger partial charge in [-0.15, -0.1) is 0 Å². The number of nitro benzene ring substituents is 1. The number of nitrogens with one attached hydrogen (secondary N) is 2. The minimum absolute atomic E-state index is 0.0664. The van der Waals surface area contributed by atoms with Crippen molar-refractivity contribution in [2.75, 3.05) is 12.4 Å². The molecule has 0 heterocycles. The first-order chi connectivity index (χ1) is 11.5. The molecule has 2 atom stereocenters. The van der Waals surface area contributed by atoms with Gasteiger partial charge in [-0.05, 0) is 30.2 Å². The van der Waals surface area contributed by atoms with E-state index in [1.807, 2.05) is 6.07 Å². The Hall–Kier alpha value is -2.96. The van der Waals surface area contributed by atoms with Gasteiger partial charge in [0, 0.05) is 36.8 Å². The van der Waals surface area contributed by atoms with Gasteiger partial charge in [0.1, 0.15) is 5.82 Å². The topological polar surface area (TPSA) is 84.3 Å². The number of anilines is 1. The molecule has 2 aromatic rings. The summed E-state index contributed by atoms with van der Waals surface area (Å²) in [6.07, 6.45) is 0.813. The van der Waals surface area contributed by atoms with Crippen LogP contribution in [-0.2, 0) is 0 Å². The lowest BCUT2D eigenvalue weighted by molar-refractivity contribution is -0.384. The molecule has 6 nitrogen and oxygen atoms in total. The van der Waals surface area contributed by atoms with Gasteiger partial charge >= 0.3 is 0 Å². The zero-order valence-electron chi connectivity index (χ0n) is 13.0. The standard InChI is InChI=1S/C17H16FN3O3/c1-19-17(22)14-8-12(21(23)24)5-6-15(14)20-16-9-13(16)10-3-2-4-11(18)7-10/h2-8,13,16,20H,9H2,1H3,(H,19,22)/t13-,16+/m0/s1. The number of halogens is 1. The summed E-state index contributed by atoms with van der Waals surface area (Å²) in [6, 6.07) is 10.6. The molecule has 0 saturated heterocycles. The van der Waals surface area contributed by atoms with E-state index in [1.165, 1.54) is 37.4 Å². The molecule has 0 radical (unpaired) electrons. The molecule has 0 spiro atoms. The third-order valence-electron chi connectivity index (χ3n) is 4.09. The summed E-state index contributed by atoms with van der Waals surface area (Å²) in [7, 11) is 1.47. The minimum Gasteiger partial charge on any atom is -0.381 e. The molecule has 7 heteroatoms. The Balaban J connectivity index is 1.80. The van der Waals surface area contributed by atoms with E-state index in [2.05, 4.69) is 10.6 Å². The normalized spacial score (nSPS) is 18.8. The molecule has 1 amide bonds. The van der Waals surface area contributed by atoms with E-state index in [1.54, 1.807) is 6.07 Å². The summed E-state index contributed by atoms with van der Waals surface area (Å²) in [5, 5.41) is 16.6. The number of carbonyl (C=O) groups excluding carboxylic acids is 1. The maximum absolute atomic E-state index is 13.3. The van der Waals surface area contributed by atoms with Crippen molar-refractivity contribution in [3.05, 3.63) is 69.5 Å². The summed E-state index contributed by atoms with van der Waals surface area (Å²) in [5.74, 6) is -0.517. The van der Waals surface area contributed by atoms with E-state index in [0.717, 1.165) is 12.0 Å². The number of carbonyl (C=O) groups is 1. The Labute approximate surface area is 137 Å². The van der Waals surface area contributed by atoms with Gasteiger partial charge in [-0.25, -0.2) is 4.39 Å². The van der Waals surface area contributed by atoms with Crippen molar-refractivity contribution >= 4 is 17.3 Å². The smallest absolute Gasteiger partial charge is 0.270 e. The van der Waals surface area contributed by atoms with E-state index in [9.17, 15) is 19.3 Å². The average Bonchev–Trinajstić information content (AvgIpc) is 3.33. The van der Waals surface area contributed by atoms with Crippen LogP contribution in [-0.4, -0.2) is 23.9 Å². The van der Waals surface area contributed by atoms with Crippen LogP contribution in [0, 0.1) is 15.9 Å². The molecule has 24 heavy (non-hydrogen) atoms. The molecule has 0 bridgehead atoms. The predicted octanol–water partition coefficient (Wildman–Crippen LogP) is 3.06. The Kier molecular flexibility index (Phi) is 4.16. The minimum atomic E-state index is -0.539. The molecular formula is C17H16FN3O3. The first-order valence-electron chi connectivity index (χ1n) is 7.52. The molecule has 1 saturated carbocycles. The number of rotatable bonds is 5. The van der Waals surface area contributed by atoms with Gasteiger partial charge in [-0.2, -0.15) is 0 Å². The van der Waals surface area contributed by atoms with Crippen LogP contribution in [0.15, 0.2) is 42.5 Å². The van der Waals surface area contributed by atoms with Crippen molar-refractivity contribution in [2.45, 2.75) is 18.4 Å². The van der Waals surface area contributed by atoms with Crippen LogP contribution in [0.2, 0.25) is 0 Å². The largest absolute Gasteiger partial charge is 0.381 e. The fraction of sp³-hybridized carbons (Fsp3) is 0.235. The van der Waals surface area contributed by atoms with Crippen molar-refractivity contribution < 1.29 is 14.1 Å². The van der Waals surface area contributed by atoms with Crippen LogP contribution in [0.5, 0.6) is 0 Å². The molecule has 124 valence electrons. The molecule has 3 rings (SSSR count). The third-order valence-corrected chi connectivity index (χ3v) is 4.09. The number of nitrogens with zero attached hydrogens (tertiary/aromatic N) is 1. The van der Waals surface area contributed by atoms with E-state index in [-0.39, 0.29) is 29.0 Å². The lowest BCUT2D eigenvalue weighted by Gasteiger charge is -2.11. The maximum atomic E-state index is 13.3. The molecule has 0 unspecified atom stereocenters. The first-order valence-corrected chi connectivity index (χ1v) is 7.52. The van der Waals surface area contributed by atoms with Crippen LogP contribution in [0.3, 0.4) is 0 Å². The van der Waals surface area contributed by atoms with E-state index >= 15 is 0 Å². The highest BCUT2D eigenvalue weighted by atomic mass is 19.1. The first kappa shape index (κ1) is 15.9. The van der Waals surface area contributed by atoms with Gasteiger partial charge in [-0.3, -0.25) is 14.9 Å². The molecule has 2 aromatic carbocycles. The van der Waals surface area contributed by atoms with Crippen molar-refractivity contribution in [1.82, 2.24) is 5.32 Å². The molecule has 0 aliphatic heterocycles. The number of benzene rings is 2. The highest BCUT2D eigenvalue weighted by Gasteiger charge is 2.39. The monoisotopic (exact) mass is 329 g/mol. The summed E-state index contributed by atoms with van der Waals surface area (Å²) in [6.45, 7) is 0. The second-order valence-electron chi connectivity index (χ2n) is 5.71. The Bertz CT molecular complexity index is 809. The van der Waals surface area contributed by atoms with Crippen LogP contribution in [0.25, 0.3) is 0 Å². The highest BCUT2D eigenvalue weighted by Crippen LogP contribution is 2.43. The van der Waals surface area contributed by atoms with Crippen molar-refractivity contribution in [3.63, 3.8) is 0 Å². The van der Waals surface area contributed by atoms with Gasteiger partial charge in [-0.1, -0.05) is 12.1 Å². The molecule has 1 aliphatic rings. The fourth-order valence-corrected chi connectivity index (χ4v) is 2.75. The van der Waals surface area contributed by atoms with Crippen molar-refractivity contribution in [3.8, 4) is 0 Å². The van der Waals surface area contributed by atoms with Gasteiger partial charge < -0.3 is 10.6 Å². The molecule has 0 aromatic heterocycles. The number of non-ortho nitro benzene ring substituents is 1. The van der Waals surface area contributed by atoms with Crippen LogP contribution in [0.4, 0.5) is 15.8 Å². The van der Waals surface area contributed by atoms with Crippen molar-refractivity contribution in [2.24, 2.45) is 0 Å². The SMILES string of the molecule is CNC(=O)c1cc([N+](=O)[O-])ccc1N[C@@H]1C[C@H]1c1cccc(F)c1. The van der Waals surface area contributed by atoms with E-state index in [0.29, 0.717) is 5.69 Å². The molecular weight excluding hydrogens is 313 g/mol. The van der Waals surface area contributed by atoms with Gasteiger partial charge in [0.15, 0.2) is 0 Å². The quantitative estimate of drug-likeness (QED) is 0.652. The van der Waals surface area contributed by atoms with E-state index < -0.39 is 10.8 Å². The Morgan fingerprint density at radius 1 is 1.29 bits per heavy atom. The van der Waals surface area contributed by atoms with Crippen molar-refractivity contribution in [1.29, 1.82) is 0 Å². The second-order valence-corrected chi connectivity index (χ2v) is 5.71. The second kappa shape index (κ2) is 6.27. The zero-order chi connectivity index (χ0) is 17.3. The highest BCUT2D eigenvalue weighted by molar-refractivity contribution is 6.00. The number of nitro groups is 1. The van der Waals surface area contributed by atoms with Gasteiger partial charge in [0.2, 0.25) is 0 Å². The zero-order valence-corrected chi connectivity index (χ0v) is 13.0. The summed E-state index contributed by atoms with van der Waals surface area (Å²) in [4.78, 5) is 22.3. The Morgan fingerprint density at radius 2 is 2.08 bits per heavy atom.